The highest BCUT2D eigenvalue weighted by Gasteiger charge is 2.18. The number of para-hydroxylation sites is 1. The Bertz CT molecular complexity index is 1260. The molecule has 1 aliphatic heterocycles. The van der Waals surface area contributed by atoms with Crippen LogP contribution in [0, 0.1) is 0 Å². The smallest absolute Gasteiger partial charge is 0.333 e. The molecule has 2 aromatic rings. The van der Waals surface area contributed by atoms with Crippen molar-refractivity contribution >= 4 is 29.0 Å². The lowest BCUT2D eigenvalue weighted by Crippen LogP contribution is -2.38. The molecule has 152 valence electrons. The molecule has 0 spiro atoms. The molecule has 0 aliphatic carbocycles. The van der Waals surface area contributed by atoms with Gasteiger partial charge in [-0.15, -0.1) is 0 Å². The molecule has 9 heteroatoms. The minimum Gasteiger partial charge on any atom is -0.494 e. The molecule has 29 heavy (non-hydrogen) atoms. The lowest BCUT2D eigenvalue weighted by atomic mass is 10.1. The van der Waals surface area contributed by atoms with Crippen LogP contribution in [0.15, 0.2) is 44.5 Å². The fourth-order valence-electron chi connectivity index (χ4n) is 3.24. The Morgan fingerprint density at radius 2 is 1.97 bits per heavy atom. The molecule has 0 fully saturated rings. The van der Waals surface area contributed by atoms with Crippen molar-refractivity contribution in [1.82, 2.24) is 19.4 Å². The van der Waals surface area contributed by atoms with Gasteiger partial charge in [0.15, 0.2) is 5.11 Å². The zero-order valence-electron chi connectivity index (χ0n) is 16.8. The number of hydrogen-bond acceptors (Lipinski definition) is 5. The molecular weight excluding hydrogens is 390 g/mol. The summed E-state index contributed by atoms with van der Waals surface area (Å²) in [5.41, 5.74) is 0.394. The minimum atomic E-state index is -0.590. The van der Waals surface area contributed by atoms with Gasteiger partial charge in [-0.25, -0.2) is 9.79 Å². The lowest BCUT2D eigenvalue weighted by Gasteiger charge is -2.19. The zero-order valence-corrected chi connectivity index (χ0v) is 17.6. The number of benzene rings is 1. The third-order valence-electron chi connectivity index (χ3n) is 4.99. The van der Waals surface area contributed by atoms with Gasteiger partial charge in [0.2, 0.25) is 5.88 Å². The highest BCUT2D eigenvalue weighted by atomic mass is 32.1. The number of nitrogens with zero attached hydrogens (tertiary/aromatic N) is 4. The summed E-state index contributed by atoms with van der Waals surface area (Å²) in [6, 6.07) is 7.71. The Hall–Kier alpha value is -3.20. The number of allylic oxidation sites excluding steroid dienone is 1. The molecule has 0 saturated heterocycles. The Balaban J connectivity index is 2.13. The van der Waals surface area contributed by atoms with Gasteiger partial charge in [-0.1, -0.05) is 18.2 Å². The van der Waals surface area contributed by atoms with Crippen LogP contribution in [0.2, 0.25) is 0 Å². The highest BCUT2D eigenvalue weighted by Crippen LogP contribution is 2.23. The van der Waals surface area contributed by atoms with Gasteiger partial charge >= 0.3 is 5.69 Å². The summed E-state index contributed by atoms with van der Waals surface area (Å²) in [7, 11) is 6.47. The molecule has 0 bridgehead atoms. The van der Waals surface area contributed by atoms with Gasteiger partial charge < -0.3 is 15.3 Å². The van der Waals surface area contributed by atoms with E-state index in [1.165, 1.54) is 14.1 Å². The van der Waals surface area contributed by atoms with Crippen LogP contribution in [0.5, 0.6) is 5.88 Å². The standard InChI is InChI=1S/C20H23N5O3S/c1-21-19(29)23(2)10-9-13-12-7-5-6-8-15(12)22-16(13)11-14-17(26)24(3)20(28)25(4)18(14)27/h5-8,11,26H,9-10H2,1-4H3,(H,21,29)/b16-11-. The van der Waals surface area contributed by atoms with Crippen molar-refractivity contribution in [2.75, 3.05) is 20.6 Å². The van der Waals surface area contributed by atoms with Crippen molar-refractivity contribution in [2.24, 2.45) is 19.1 Å². The van der Waals surface area contributed by atoms with Gasteiger partial charge in [0.25, 0.3) is 5.56 Å². The molecule has 3 rings (SSSR count). The first-order valence-corrected chi connectivity index (χ1v) is 9.48. The van der Waals surface area contributed by atoms with Crippen LogP contribution in [0.3, 0.4) is 0 Å². The van der Waals surface area contributed by atoms with E-state index in [0.29, 0.717) is 23.8 Å². The van der Waals surface area contributed by atoms with Crippen molar-refractivity contribution < 1.29 is 5.11 Å². The predicted octanol–water partition coefficient (Wildman–Crippen LogP) is -0.559. The van der Waals surface area contributed by atoms with Gasteiger partial charge in [-0.05, 0) is 36.4 Å². The molecule has 0 atom stereocenters. The predicted molar refractivity (Wildman–Crippen MR) is 116 cm³/mol. The first kappa shape index (κ1) is 20.5. The second-order valence-corrected chi connectivity index (χ2v) is 7.19. The molecule has 2 heterocycles. The van der Waals surface area contributed by atoms with E-state index in [0.717, 1.165) is 25.3 Å². The van der Waals surface area contributed by atoms with Crippen LogP contribution in [-0.4, -0.2) is 44.9 Å². The van der Waals surface area contributed by atoms with Gasteiger partial charge in [-0.2, -0.15) is 0 Å². The molecule has 8 nitrogen and oxygen atoms in total. The summed E-state index contributed by atoms with van der Waals surface area (Å²) in [6.45, 7) is 0.646. The second-order valence-electron chi connectivity index (χ2n) is 6.81. The van der Waals surface area contributed by atoms with Crippen LogP contribution in [0.25, 0.3) is 11.6 Å². The summed E-state index contributed by atoms with van der Waals surface area (Å²) < 4.78 is 2.00. The number of nitrogens with one attached hydrogen (secondary N) is 1. The fraction of sp³-hybridized carbons (Fsp3) is 0.300. The van der Waals surface area contributed by atoms with E-state index >= 15 is 0 Å². The molecule has 0 saturated carbocycles. The third kappa shape index (κ3) is 3.73. The van der Waals surface area contributed by atoms with E-state index in [2.05, 4.69) is 10.3 Å². The lowest BCUT2D eigenvalue weighted by molar-refractivity contribution is 0.410. The van der Waals surface area contributed by atoms with Crippen molar-refractivity contribution in [3.05, 3.63) is 66.9 Å². The van der Waals surface area contributed by atoms with Gasteiger partial charge in [-0.3, -0.25) is 13.9 Å². The molecule has 0 unspecified atom stereocenters. The second kappa shape index (κ2) is 8.04. The monoisotopic (exact) mass is 413 g/mol. The van der Waals surface area contributed by atoms with Crippen molar-refractivity contribution in [3.63, 3.8) is 0 Å². The maximum atomic E-state index is 12.6. The quantitative estimate of drug-likeness (QED) is 0.653. The minimum absolute atomic E-state index is 0.0257. The van der Waals surface area contributed by atoms with E-state index < -0.39 is 11.2 Å². The van der Waals surface area contributed by atoms with E-state index in [9.17, 15) is 14.7 Å². The van der Waals surface area contributed by atoms with Crippen LogP contribution >= 0.6 is 12.2 Å². The Kier molecular flexibility index (Phi) is 5.69. The average molecular weight is 414 g/mol. The molecule has 1 aliphatic rings. The van der Waals surface area contributed by atoms with E-state index in [1.807, 2.05) is 36.2 Å². The maximum Gasteiger partial charge on any atom is 0.333 e. The average Bonchev–Trinajstić information content (AvgIpc) is 3.08. The van der Waals surface area contributed by atoms with Crippen molar-refractivity contribution in [2.45, 2.75) is 6.42 Å². The molecule has 2 N–H and O–H groups in total. The van der Waals surface area contributed by atoms with Crippen LogP contribution in [0.4, 0.5) is 0 Å². The number of aromatic hydroxyl groups is 1. The zero-order chi connectivity index (χ0) is 21.3. The number of thiocarbonyl (C=S) groups is 1. The van der Waals surface area contributed by atoms with Gasteiger partial charge in [0.05, 0.1) is 11.1 Å². The Morgan fingerprint density at radius 1 is 1.28 bits per heavy atom. The molecule has 0 amide bonds. The summed E-state index contributed by atoms with van der Waals surface area (Å²) >= 11 is 5.26. The van der Waals surface area contributed by atoms with Crippen molar-refractivity contribution in [3.8, 4) is 5.88 Å². The van der Waals surface area contributed by atoms with Crippen LogP contribution in [0.1, 0.15) is 12.0 Å². The van der Waals surface area contributed by atoms with E-state index in [1.54, 1.807) is 13.1 Å². The maximum absolute atomic E-state index is 12.6. The summed E-state index contributed by atoms with van der Waals surface area (Å²) in [5, 5.41) is 15.7. The highest BCUT2D eigenvalue weighted by molar-refractivity contribution is 7.80. The SMILES string of the molecule is CNC(=S)N(C)CCC1=c2ccccc2=N/C1=C\c1c(O)n(C)c(=O)n(C)c1=O. The first-order valence-electron chi connectivity index (χ1n) is 9.07. The fourth-order valence-corrected chi connectivity index (χ4v) is 3.33. The molecule has 0 radical (unpaired) electrons. The largest absolute Gasteiger partial charge is 0.494 e. The Morgan fingerprint density at radius 3 is 2.66 bits per heavy atom. The number of fused-ring (bicyclic) bond motifs is 1. The van der Waals surface area contributed by atoms with Crippen LogP contribution < -0.4 is 27.1 Å². The molecule has 1 aromatic heterocycles. The van der Waals surface area contributed by atoms with E-state index in [-0.39, 0.29) is 11.4 Å². The summed E-state index contributed by atoms with van der Waals surface area (Å²) in [6.07, 6.45) is 2.18. The number of hydrogen-bond donors (Lipinski definition) is 2. The first-order chi connectivity index (χ1) is 13.8. The molecule has 1 aromatic carbocycles. The number of aromatic nitrogens is 2. The van der Waals surface area contributed by atoms with Crippen LogP contribution in [-0.2, 0) is 14.1 Å². The van der Waals surface area contributed by atoms with E-state index in [4.69, 9.17) is 12.2 Å². The molecular formula is C20H23N5O3S. The van der Waals surface area contributed by atoms with Crippen molar-refractivity contribution in [1.29, 1.82) is 0 Å². The third-order valence-corrected chi connectivity index (χ3v) is 5.50. The summed E-state index contributed by atoms with van der Waals surface area (Å²) in [4.78, 5) is 31.2. The van der Waals surface area contributed by atoms with Gasteiger partial charge in [0, 0.05) is 40.0 Å². The van der Waals surface area contributed by atoms with Gasteiger partial charge in [0.1, 0.15) is 5.56 Å². The summed E-state index contributed by atoms with van der Waals surface area (Å²) in [5.74, 6) is -0.385. The Labute approximate surface area is 172 Å². The topological polar surface area (TPSA) is 91.9 Å². The number of rotatable bonds is 4. The normalized spacial score (nSPS) is 13.9.